The van der Waals surface area contributed by atoms with Crippen LogP contribution in [0.25, 0.3) is 0 Å². The third-order valence-corrected chi connectivity index (χ3v) is 6.98. The number of aliphatic hydroxyl groups excluding tert-OH is 2. The molecular weight excluding hydrogens is 559 g/mol. The van der Waals surface area contributed by atoms with Crippen LogP contribution in [-0.2, 0) is 27.9 Å². The number of esters is 1. The highest BCUT2D eigenvalue weighted by atomic mass is 31.2. The Hall–Kier alpha value is -1.58. The van der Waals surface area contributed by atoms with Crippen LogP contribution in [-0.4, -0.2) is 66.3 Å². The van der Waals surface area contributed by atoms with Crippen LogP contribution in [0.3, 0.4) is 0 Å². The number of rotatable bonds is 29. The molecule has 3 unspecified atom stereocenters. The summed E-state index contributed by atoms with van der Waals surface area (Å²) in [5, 5.41) is 18.2. The molecule has 0 rings (SSSR count). The van der Waals surface area contributed by atoms with E-state index in [1.54, 1.807) is 0 Å². The minimum Gasteiger partial charge on any atom is -0.457 e. The van der Waals surface area contributed by atoms with Gasteiger partial charge in [0.15, 0.2) is 0 Å². The van der Waals surface area contributed by atoms with Crippen LogP contribution < -0.4 is 0 Å². The Morgan fingerprint density at radius 2 is 1.33 bits per heavy atom. The van der Waals surface area contributed by atoms with Crippen LogP contribution in [0.1, 0.15) is 104 Å². The molecule has 0 bridgehead atoms. The van der Waals surface area contributed by atoms with E-state index in [-0.39, 0.29) is 13.0 Å². The van der Waals surface area contributed by atoms with Gasteiger partial charge in [0.05, 0.1) is 26.4 Å². The van der Waals surface area contributed by atoms with Crippen molar-refractivity contribution in [3.05, 3.63) is 48.6 Å². The molecule has 0 aliphatic carbocycles. The molecule has 10 heteroatoms. The van der Waals surface area contributed by atoms with Crippen molar-refractivity contribution in [2.75, 3.05) is 33.0 Å². The number of phosphoric acid groups is 1. The Labute approximate surface area is 254 Å². The largest absolute Gasteiger partial charge is 0.472 e. The van der Waals surface area contributed by atoms with Crippen LogP contribution in [0, 0.1) is 0 Å². The molecule has 0 saturated heterocycles. The van der Waals surface area contributed by atoms with E-state index in [1.807, 2.05) is 0 Å². The van der Waals surface area contributed by atoms with Crippen molar-refractivity contribution >= 4 is 13.8 Å². The Balaban J connectivity index is 4.40. The van der Waals surface area contributed by atoms with Gasteiger partial charge in [0.25, 0.3) is 0 Å². The van der Waals surface area contributed by atoms with Gasteiger partial charge in [-0.05, 0) is 44.9 Å². The maximum atomic E-state index is 12.4. The normalized spacial score (nSPS) is 15.3. The number of hydrogen-bond donors (Lipinski definition) is 3. The van der Waals surface area contributed by atoms with Gasteiger partial charge in [-0.15, -0.1) is 0 Å². The Morgan fingerprint density at radius 3 is 1.95 bits per heavy atom. The first kappa shape index (κ1) is 40.4. The van der Waals surface area contributed by atoms with Gasteiger partial charge in [-0.3, -0.25) is 13.8 Å². The fraction of sp³-hybridized carbons (Fsp3) is 0.719. The third-order valence-electron chi connectivity index (χ3n) is 6.03. The van der Waals surface area contributed by atoms with E-state index in [0.717, 1.165) is 64.2 Å². The average molecular weight is 617 g/mol. The Morgan fingerprint density at radius 1 is 0.762 bits per heavy atom. The maximum Gasteiger partial charge on any atom is 0.472 e. The van der Waals surface area contributed by atoms with E-state index in [0.29, 0.717) is 6.61 Å². The lowest BCUT2D eigenvalue weighted by atomic mass is 10.1. The summed E-state index contributed by atoms with van der Waals surface area (Å²) in [6, 6.07) is 0. The molecule has 0 fully saturated rings. The van der Waals surface area contributed by atoms with Crippen molar-refractivity contribution in [3.8, 4) is 0 Å². The molecule has 0 saturated carbocycles. The molecule has 42 heavy (non-hydrogen) atoms. The summed E-state index contributed by atoms with van der Waals surface area (Å²) < 4.78 is 32.8. The first-order valence-electron chi connectivity index (χ1n) is 15.6. The van der Waals surface area contributed by atoms with Crippen molar-refractivity contribution < 1.29 is 43.0 Å². The van der Waals surface area contributed by atoms with Gasteiger partial charge < -0.3 is 24.6 Å². The van der Waals surface area contributed by atoms with E-state index in [2.05, 4.69) is 67.0 Å². The minimum atomic E-state index is -4.51. The number of carbonyl (C=O) groups excluding carboxylic acids is 1. The lowest BCUT2D eigenvalue weighted by molar-refractivity contribution is -0.154. The number of phosphoric ester groups is 1. The fourth-order valence-corrected chi connectivity index (χ4v) is 4.44. The molecule has 0 aromatic carbocycles. The van der Waals surface area contributed by atoms with Crippen LogP contribution >= 0.6 is 7.82 Å². The summed E-state index contributed by atoms with van der Waals surface area (Å²) in [6.45, 7) is 3.15. The molecule has 0 aliphatic rings. The molecule has 3 N–H and O–H groups in total. The zero-order valence-electron chi connectivity index (χ0n) is 25.9. The molecule has 0 aromatic heterocycles. The molecule has 3 atom stereocenters. The Kier molecular flexibility index (Phi) is 28.4. The molecule has 0 heterocycles. The second-order valence-corrected chi connectivity index (χ2v) is 11.6. The van der Waals surface area contributed by atoms with Crippen molar-refractivity contribution in [1.29, 1.82) is 0 Å². The smallest absolute Gasteiger partial charge is 0.457 e. The molecule has 0 aliphatic heterocycles. The number of aliphatic hydroxyl groups is 2. The average Bonchev–Trinajstić information content (AvgIpc) is 2.97. The van der Waals surface area contributed by atoms with Crippen LogP contribution in [0.4, 0.5) is 0 Å². The Bertz CT molecular complexity index is 795. The summed E-state index contributed by atoms with van der Waals surface area (Å²) in [5.41, 5.74) is 0. The zero-order chi connectivity index (χ0) is 31.2. The number of ether oxygens (including phenoxy) is 2. The van der Waals surface area contributed by atoms with Gasteiger partial charge in [-0.25, -0.2) is 4.57 Å². The number of carbonyl (C=O) groups is 1. The summed E-state index contributed by atoms with van der Waals surface area (Å²) >= 11 is 0. The van der Waals surface area contributed by atoms with Crippen molar-refractivity contribution in [3.63, 3.8) is 0 Å². The van der Waals surface area contributed by atoms with Gasteiger partial charge in [-0.2, -0.15) is 0 Å². The van der Waals surface area contributed by atoms with Crippen LogP contribution in [0.2, 0.25) is 0 Å². The molecule has 0 radical (unpaired) electrons. The van der Waals surface area contributed by atoms with E-state index >= 15 is 0 Å². The number of allylic oxidation sites excluding steroid dienone is 8. The van der Waals surface area contributed by atoms with E-state index in [1.165, 1.54) is 19.3 Å². The first-order chi connectivity index (χ1) is 20.3. The standard InChI is InChI=1S/C32H57O9P/c1-3-5-7-9-11-12-13-14-15-16-17-19-21-23-25-38-28-31(29-40-42(36,37)39-27-30(34)26-33)41-32(35)24-22-20-18-10-8-6-4-2/h5,7,11-12,14-15,17,19,30-31,33-34H,3-4,6,8-10,13,16,18,20-29H2,1-2H3,(H,36,37)/b7-5-,12-11-,15-14-,19-17-. The predicted molar refractivity (Wildman–Crippen MR) is 168 cm³/mol. The van der Waals surface area contributed by atoms with Gasteiger partial charge in [-0.1, -0.05) is 101 Å². The van der Waals surface area contributed by atoms with Gasteiger partial charge in [0, 0.05) is 13.0 Å². The second-order valence-electron chi connectivity index (χ2n) is 10.1. The van der Waals surface area contributed by atoms with E-state index < -0.39 is 45.8 Å². The lowest BCUT2D eigenvalue weighted by Gasteiger charge is -2.20. The fourth-order valence-electron chi connectivity index (χ4n) is 3.65. The summed E-state index contributed by atoms with van der Waals surface area (Å²) in [7, 11) is -4.51. The summed E-state index contributed by atoms with van der Waals surface area (Å²) in [6.07, 6.45) is 28.2. The molecule has 244 valence electrons. The molecule has 0 spiro atoms. The molecular formula is C32H57O9P. The van der Waals surface area contributed by atoms with Crippen molar-refractivity contribution in [2.45, 2.75) is 116 Å². The van der Waals surface area contributed by atoms with Gasteiger partial charge >= 0.3 is 13.8 Å². The van der Waals surface area contributed by atoms with Crippen molar-refractivity contribution in [2.24, 2.45) is 0 Å². The predicted octanol–water partition coefficient (Wildman–Crippen LogP) is 7.13. The van der Waals surface area contributed by atoms with E-state index in [9.17, 15) is 19.4 Å². The quantitative estimate of drug-likeness (QED) is 0.0348. The molecule has 9 nitrogen and oxygen atoms in total. The van der Waals surface area contributed by atoms with Gasteiger partial charge in [0.1, 0.15) is 12.2 Å². The van der Waals surface area contributed by atoms with Crippen LogP contribution in [0.5, 0.6) is 0 Å². The summed E-state index contributed by atoms with van der Waals surface area (Å²) in [4.78, 5) is 22.2. The van der Waals surface area contributed by atoms with E-state index in [4.69, 9.17) is 19.1 Å². The second kappa shape index (κ2) is 29.5. The van der Waals surface area contributed by atoms with Crippen LogP contribution in [0.15, 0.2) is 48.6 Å². The molecule has 0 aromatic rings. The zero-order valence-corrected chi connectivity index (χ0v) is 26.8. The highest BCUT2D eigenvalue weighted by Crippen LogP contribution is 2.43. The minimum absolute atomic E-state index is 0.0101. The number of hydrogen-bond acceptors (Lipinski definition) is 8. The van der Waals surface area contributed by atoms with Gasteiger partial charge in [0.2, 0.25) is 0 Å². The topological polar surface area (TPSA) is 132 Å². The highest BCUT2D eigenvalue weighted by Gasteiger charge is 2.26. The number of unbranched alkanes of at least 4 members (excludes halogenated alkanes) is 7. The maximum absolute atomic E-state index is 12.4. The third kappa shape index (κ3) is 28.5. The highest BCUT2D eigenvalue weighted by molar-refractivity contribution is 7.47. The summed E-state index contributed by atoms with van der Waals surface area (Å²) in [5.74, 6) is -0.412. The van der Waals surface area contributed by atoms with Crippen molar-refractivity contribution in [1.82, 2.24) is 0 Å². The lowest BCUT2D eigenvalue weighted by Crippen LogP contribution is -2.29. The first-order valence-corrected chi connectivity index (χ1v) is 17.1. The SMILES string of the molecule is CC/C=C\C/C=C\C/C=C\C/C=C\CCCOCC(COP(=O)(O)OCC(O)CO)OC(=O)CCCCCCCCC. The monoisotopic (exact) mass is 616 g/mol. The molecule has 0 amide bonds.